The molecule has 0 amide bonds. The van der Waals surface area contributed by atoms with E-state index in [1.807, 2.05) is 0 Å². The molecule has 0 saturated carbocycles. The molecule has 0 unspecified atom stereocenters. The van der Waals surface area contributed by atoms with Crippen LogP contribution in [0.5, 0.6) is 0 Å². The Morgan fingerprint density at radius 3 is 2.86 bits per heavy atom. The molecule has 9 heteroatoms. The number of non-ortho nitro benzene ring substituents is 1. The van der Waals surface area contributed by atoms with Gasteiger partial charge in [-0.2, -0.15) is 10.1 Å². The number of nitro groups is 1. The summed E-state index contributed by atoms with van der Waals surface area (Å²) in [5.41, 5.74) is 7.05. The van der Waals surface area contributed by atoms with Crippen molar-refractivity contribution in [2.24, 2.45) is 7.05 Å². The lowest BCUT2D eigenvalue weighted by Gasteiger charge is -1.99. The van der Waals surface area contributed by atoms with E-state index in [1.165, 1.54) is 18.2 Å². The molecule has 21 heavy (non-hydrogen) atoms. The Hall–Kier alpha value is -3.23. The summed E-state index contributed by atoms with van der Waals surface area (Å²) in [6.45, 7) is 0. The highest BCUT2D eigenvalue weighted by molar-refractivity contribution is 5.73. The van der Waals surface area contributed by atoms with Crippen LogP contribution in [0.3, 0.4) is 0 Å². The molecule has 0 aliphatic rings. The van der Waals surface area contributed by atoms with E-state index in [2.05, 4.69) is 15.2 Å². The third-order valence-electron chi connectivity index (χ3n) is 2.87. The van der Waals surface area contributed by atoms with Crippen molar-refractivity contribution in [3.8, 4) is 22.8 Å². The molecule has 0 aliphatic carbocycles. The monoisotopic (exact) mass is 286 g/mol. The fraction of sp³-hybridized carbons (Fsp3) is 0.0833. The van der Waals surface area contributed by atoms with Crippen LogP contribution in [0.15, 0.2) is 35.1 Å². The van der Waals surface area contributed by atoms with E-state index in [4.69, 9.17) is 10.3 Å². The summed E-state index contributed by atoms with van der Waals surface area (Å²) in [5, 5.41) is 18.5. The summed E-state index contributed by atoms with van der Waals surface area (Å²) in [4.78, 5) is 14.4. The minimum atomic E-state index is -0.519. The van der Waals surface area contributed by atoms with Crippen LogP contribution in [0.25, 0.3) is 22.8 Å². The van der Waals surface area contributed by atoms with Crippen molar-refractivity contribution in [2.45, 2.75) is 0 Å². The molecule has 9 nitrogen and oxygen atoms in total. The van der Waals surface area contributed by atoms with Gasteiger partial charge in [0, 0.05) is 25.4 Å². The zero-order valence-electron chi connectivity index (χ0n) is 10.9. The van der Waals surface area contributed by atoms with E-state index in [-0.39, 0.29) is 17.3 Å². The number of hydrogen-bond acceptors (Lipinski definition) is 7. The first-order valence-electron chi connectivity index (χ1n) is 5.91. The highest BCUT2D eigenvalue weighted by atomic mass is 16.6. The molecule has 0 spiro atoms. The molecule has 2 N–H and O–H groups in total. The van der Waals surface area contributed by atoms with E-state index in [9.17, 15) is 10.1 Å². The summed E-state index contributed by atoms with van der Waals surface area (Å²) < 4.78 is 6.76. The summed E-state index contributed by atoms with van der Waals surface area (Å²) in [5.74, 6) is 0.567. The zero-order valence-corrected chi connectivity index (χ0v) is 10.9. The Balaban J connectivity index is 1.98. The zero-order chi connectivity index (χ0) is 15.0. The fourth-order valence-corrected chi connectivity index (χ4v) is 1.85. The number of nitro benzene ring substituents is 1. The van der Waals surface area contributed by atoms with Gasteiger partial charge in [-0.1, -0.05) is 5.16 Å². The van der Waals surface area contributed by atoms with Crippen LogP contribution in [0, 0.1) is 10.1 Å². The van der Waals surface area contributed by atoms with Gasteiger partial charge in [-0.3, -0.25) is 14.8 Å². The van der Waals surface area contributed by atoms with Gasteiger partial charge >= 0.3 is 0 Å². The highest BCUT2D eigenvalue weighted by Crippen LogP contribution is 2.29. The van der Waals surface area contributed by atoms with Gasteiger partial charge in [-0.25, -0.2) is 0 Å². The Morgan fingerprint density at radius 2 is 2.24 bits per heavy atom. The minimum Gasteiger partial charge on any atom is -0.398 e. The molecule has 0 radical (unpaired) electrons. The van der Waals surface area contributed by atoms with Crippen LogP contribution < -0.4 is 5.73 Å². The molecule has 2 heterocycles. The molecule has 3 aromatic rings. The van der Waals surface area contributed by atoms with E-state index < -0.39 is 4.92 Å². The van der Waals surface area contributed by atoms with Crippen molar-refractivity contribution in [3.63, 3.8) is 0 Å². The van der Waals surface area contributed by atoms with E-state index in [1.54, 1.807) is 24.1 Å². The molecule has 0 aliphatic heterocycles. The van der Waals surface area contributed by atoms with Gasteiger partial charge in [0.25, 0.3) is 11.6 Å². The second-order valence-corrected chi connectivity index (χ2v) is 4.35. The van der Waals surface area contributed by atoms with Gasteiger partial charge in [-0.15, -0.1) is 0 Å². The molecule has 2 aromatic heterocycles. The van der Waals surface area contributed by atoms with Gasteiger partial charge in [0.2, 0.25) is 5.82 Å². The number of hydrogen-bond donors (Lipinski definition) is 1. The Kier molecular flexibility index (Phi) is 2.87. The van der Waals surface area contributed by atoms with Crippen LogP contribution in [0.1, 0.15) is 0 Å². The average molecular weight is 286 g/mol. The summed E-state index contributed by atoms with van der Waals surface area (Å²) in [6.07, 6.45) is 3.35. The van der Waals surface area contributed by atoms with Gasteiger partial charge in [0.15, 0.2) is 0 Å². The molecule has 3 rings (SSSR count). The SMILES string of the molecule is Cn1cc(-c2noc(-c3ccc([N+](=O)[O-])cc3N)n2)cn1. The number of benzene rings is 1. The smallest absolute Gasteiger partial charge is 0.271 e. The Labute approximate surface area is 118 Å². The maximum atomic E-state index is 10.7. The summed E-state index contributed by atoms with van der Waals surface area (Å²) in [7, 11) is 1.78. The van der Waals surface area contributed by atoms with Crippen molar-refractivity contribution in [3.05, 3.63) is 40.7 Å². The van der Waals surface area contributed by atoms with Gasteiger partial charge in [-0.05, 0) is 6.07 Å². The topological polar surface area (TPSA) is 126 Å². The van der Waals surface area contributed by atoms with E-state index >= 15 is 0 Å². The number of aryl methyl sites for hydroxylation is 1. The first kappa shape index (κ1) is 12.8. The standard InChI is InChI=1S/C12H10N6O3/c1-17-6-7(5-14-17)11-15-12(21-16-11)9-3-2-8(18(19)20)4-10(9)13/h2-6H,13H2,1H3. The maximum absolute atomic E-state index is 10.7. The van der Waals surface area contributed by atoms with Crippen molar-refractivity contribution in [1.29, 1.82) is 0 Å². The molecule has 1 aromatic carbocycles. The highest BCUT2D eigenvalue weighted by Gasteiger charge is 2.16. The van der Waals surface area contributed by atoms with Gasteiger partial charge in [0.1, 0.15) is 0 Å². The van der Waals surface area contributed by atoms with Crippen molar-refractivity contribution >= 4 is 11.4 Å². The summed E-state index contributed by atoms with van der Waals surface area (Å²) in [6, 6.07) is 4.07. The molecule has 0 bridgehead atoms. The summed E-state index contributed by atoms with van der Waals surface area (Å²) >= 11 is 0. The van der Waals surface area contributed by atoms with Crippen LogP contribution in [-0.4, -0.2) is 24.8 Å². The number of aromatic nitrogens is 4. The number of nitrogens with zero attached hydrogens (tertiary/aromatic N) is 5. The average Bonchev–Trinajstić information content (AvgIpc) is 3.07. The number of nitrogen functional groups attached to an aromatic ring is 1. The first-order chi connectivity index (χ1) is 10.0. The molecular formula is C12H10N6O3. The Bertz CT molecular complexity index is 822. The maximum Gasteiger partial charge on any atom is 0.271 e. The molecule has 0 fully saturated rings. The molecular weight excluding hydrogens is 276 g/mol. The third-order valence-corrected chi connectivity index (χ3v) is 2.87. The number of anilines is 1. The second-order valence-electron chi connectivity index (χ2n) is 4.35. The lowest BCUT2D eigenvalue weighted by molar-refractivity contribution is -0.384. The lowest BCUT2D eigenvalue weighted by atomic mass is 10.1. The predicted molar refractivity (Wildman–Crippen MR) is 73.0 cm³/mol. The van der Waals surface area contributed by atoms with Crippen LogP contribution in [0.4, 0.5) is 11.4 Å². The van der Waals surface area contributed by atoms with E-state index in [0.29, 0.717) is 17.0 Å². The van der Waals surface area contributed by atoms with Crippen molar-refractivity contribution < 1.29 is 9.45 Å². The second kappa shape index (κ2) is 4.71. The van der Waals surface area contributed by atoms with E-state index in [0.717, 1.165) is 0 Å². The Morgan fingerprint density at radius 1 is 1.43 bits per heavy atom. The van der Waals surface area contributed by atoms with Crippen LogP contribution >= 0.6 is 0 Å². The van der Waals surface area contributed by atoms with Crippen LogP contribution in [0.2, 0.25) is 0 Å². The van der Waals surface area contributed by atoms with Crippen molar-refractivity contribution in [2.75, 3.05) is 5.73 Å². The number of nitrogens with two attached hydrogens (primary N) is 1. The first-order valence-corrected chi connectivity index (χ1v) is 5.91. The third kappa shape index (κ3) is 2.31. The van der Waals surface area contributed by atoms with Gasteiger partial charge < -0.3 is 10.3 Å². The van der Waals surface area contributed by atoms with Crippen LogP contribution in [-0.2, 0) is 7.05 Å². The lowest BCUT2D eigenvalue weighted by Crippen LogP contribution is -1.94. The fourth-order valence-electron chi connectivity index (χ4n) is 1.85. The minimum absolute atomic E-state index is 0.0942. The largest absolute Gasteiger partial charge is 0.398 e. The quantitative estimate of drug-likeness (QED) is 0.440. The molecule has 0 saturated heterocycles. The molecule has 106 valence electrons. The normalized spacial score (nSPS) is 10.7. The number of rotatable bonds is 3. The van der Waals surface area contributed by atoms with Gasteiger partial charge in [0.05, 0.1) is 27.9 Å². The van der Waals surface area contributed by atoms with Crippen molar-refractivity contribution in [1.82, 2.24) is 19.9 Å². The molecule has 0 atom stereocenters. The predicted octanol–water partition coefficient (Wildman–Crippen LogP) is 1.63.